The van der Waals surface area contributed by atoms with Gasteiger partial charge in [-0.3, -0.25) is 0 Å². The lowest BCUT2D eigenvalue weighted by Gasteiger charge is -2.16. The van der Waals surface area contributed by atoms with Gasteiger partial charge in [-0.1, -0.05) is 60.7 Å². The second kappa shape index (κ2) is 11.5. The van der Waals surface area contributed by atoms with Crippen LogP contribution in [0.25, 0.3) is 0 Å². The molecule has 0 aliphatic carbocycles. The molecule has 5 N–H and O–H groups in total. The molecular formula is C18H22N2O5. The number of nitrogens with two attached hydrogens (primary N) is 1. The van der Waals surface area contributed by atoms with Gasteiger partial charge in [0.25, 0.3) is 0 Å². The van der Waals surface area contributed by atoms with E-state index in [0.717, 1.165) is 11.1 Å². The fraction of sp³-hybridized carbons (Fsp3) is 0.222. The Morgan fingerprint density at radius 3 is 1.96 bits per heavy atom. The van der Waals surface area contributed by atoms with Crippen molar-refractivity contribution in [3.8, 4) is 0 Å². The van der Waals surface area contributed by atoms with E-state index in [2.05, 4.69) is 11.1 Å². The molecule has 0 unspecified atom stereocenters. The molecule has 2 aromatic rings. The Balaban J connectivity index is 0.000000705. The van der Waals surface area contributed by atoms with Crippen molar-refractivity contribution >= 4 is 12.2 Å². The number of carboxylic acid groups (broad SMARTS) is 1. The summed E-state index contributed by atoms with van der Waals surface area (Å²) in [6.07, 6.45) is -1.29. The van der Waals surface area contributed by atoms with Crippen LogP contribution in [0.5, 0.6) is 0 Å². The van der Waals surface area contributed by atoms with Gasteiger partial charge in [0.2, 0.25) is 0 Å². The van der Waals surface area contributed by atoms with E-state index in [1.165, 1.54) is 0 Å². The molecule has 25 heavy (non-hydrogen) atoms. The molecule has 0 aromatic heterocycles. The van der Waals surface area contributed by atoms with Crippen molar-refractivity contribution in [1.82, 2.24) is 5.32 Å². The smallest absolute Gasteiger partial charge is 0.407 e. The Morgan fingerprint density at radius 2 is 1.48 bits per heavy atom. The number of aliphatic hydroxyl groups is 1. The first kappa shape index (κ1) is 20.0. The van der Waals surface area contributed by atoms with Crippen molar-refractivity contribution in [2.75, 3.05) is 6.61 Å². The van der Waals surface area contributed by atoms with Crippen LogP contribution in [-0.4, -0.2) is 35.0 Å². The third kappa shape index (κ3) is 9.62. The zero-order chi connectivity index (χ0) is 18.5. The summed E-state index contributed by atoms with van der Waals surface area (Å²) in [4.78, 5) is 20.5. The van der Waals surface area contributed by atoms with Crippen molar-refractivity contribution in [1.29, 1.82) is 0 Å². The normalized spacial score (nSPS) is 10.8. The van der Waals surface area contributed by atoms with E-state index in [0.29, 0.717) is 6.42 Å². The van der Waals surface area contributed by atoms with E-state index < -0.39 is 12.2 Å². The van der Waals surface area contributed by atoms with Crippen LogP contribution in [0.2, 0.25) is 0 Å². The molecule has 7 heteroatoms. The number of rotatable bonds is 6. The van der Waals surface area contributed by atoms with Crippen LogP contribution >= 0.6 is 0 Å². The maximum atomic E-state index is 11.7. The first-order chi connectivity index (χ1) is 12.0. The maximum absolute atomic E-state index is 11.7. The molecule has 0 spiro atoms. The van der Waals surface area contributed by atoms with E-state index in [9.17, 15) is 9.90 Å². The highest BCUT2D eigenvalue weighted by Gasteiger charge is 2.12. The summed E-state index contributed by atoms with van der Waals surface area (Å²) in [6, 6.07) is 18.8. The molecule has 0 fully saturated rings. The molecule has 0 bridgehead atoms. The summed E-state index contributed by atoms with van der Waals surface area (Å²) >= 11 is 0. The predicted molar refractivity (Wildman–Crippen MR) is 93.0 cm³/mol. The van der Waals surface area contributed by atoms with Gasteiger partial charge in [0.1, 0.15) is 6.61 Å². The third-order valence-corrected chi connectivity index (χ3v) is 3.08. The second-order valence-electron chi connectivity index (χ2n) is 5.11. The lowest BCUT2D eigenvalue weighted by Crippen LogP contribution is -2.39. The Bertz CT molecular complexity index is 630. The number of primary amides is 1. The minimum Gasteiger partial charge on any atom is -0.465 e. The molecule has 2 aromatic carbocycles. The number of alkyl carbamates (subject to hydrolysis) is 1. The van der Waals surface area contributed by atoms with Crippen molar-refractivity contribution < 1.29 is 24.5 Å². The number of hydrogen-bond donors (Lipinski definition) is 4. The van der Waals surface area contributed by atoms with Gasteiger partial charge >= 0.3 is 12.2 Å². The van der Waals surface area contributed by atoms with Gasteiger partial charge in [0, 0.05) is 0 Å². The Kier molecular flexibility index (Phi) is 9.17. The summed E-state index contributed by atoms with van der Waals surface area (Å²) in [5, 5.41) is 19.2. The van der Waals surface area contributed by atoms with Gasteiger partial charge in [-0.2, -0.15) is 0 Å². The largest absolute Gasteiger partial charge is 0.465 e. The molecule has 1 atom stereocenters. The van der Waals surface area contributed by atoms with E-state index in [1.807, 2.05) is 60.7 Å². The topological polar surface area (TPSA) is 122 Å². The summed E-state index contributed by atoms with van der Waals surface area (Å²) in [5.74, 6) is 0. The monoisotopic (exact) mass is 346 g/mol. The predicted octanol–water partition coefficient (Wildman–Crippen LogP) is 2.14. The van der Waals surface area contributed by atoms with Gasteiger partial charge in [-0.05, 0) is 17.5 Å². The first-order valence-corrected chi connectivity index (χ1v) is 7.61. The Labute approximate surface area is 146 Å². The lowest BCUT2D eigenvalue weighted by atomic mass is 10.1. The van der Waals surface area contributed by atoms with Crippen LogP contribution in [0.1, 0.15) is 11.1 Å². The second-order valence-corrected chi connectivity index (χ2v) is 5.11. The molecule has 2 rings (SSSR count). The zero-order valence-corrected chi connectivity index (χ0v) is 13.7. The standard InChI is InChI=1S/C17H19NO3.CH3NO2/c19-12-16(11-14-7-3-1-4-8-14)18-17(20)21-13-15-9-5-2-6-10-15;2-1(3)4/h1-10,16,19H,11-13H2,(H,18,20);2H2,(H,3,4)/t16-;/m1./s1. The van der Waals surface area contributed by atoms with Crippen molar-refractivity contribution in [3.63, 3.8) is 0 Å². The van der Waals surface area contributed by atoms with Crippen molar-refractivity contribution in [2.45, 2.75) is 19.1 Å². The van der Waals surface area contributed by atoms with Crippen LogP contribution in [0.4, 0.5) is 9.59 Å². The number of aliphatic hydroxyl groups excluding tert-OH is 1. The molecular weight excluding hydrogens is 324 g/mol. The van der Waals surface area contributed by atoms with Crippen LogP contribution in [0.3, 0.4) is 0 Å². The van der Waals surface area contributed by atoms with Crippen LogP contribution in [0, 0.1) is 0 Å². The Morgan fingerprint density at radius 1 is 1.00 bits per heavy atom. The number of ether oxygens (including phenoxy) is 1. The quantitative estimate of drug-likeness (QED) is 0.638. The molecule has 0 saturated heterocycles. The number of carbonyl (C=O) groups is 2. The number of hydrogen-bond acceptors (Lipinski definition) is 4. The van der Waals surface area contributed by atoms with Gasteiger partial charge in [-0.15, -0.1) is 0 Å². The maximum Gasteiger partial charge on any atom is 0.407 e. The van der Waals surface area contributed by atoms with Crippen molar-refractivity contribution in [3.05, 3.63) is 71.8 Å². The highest BCUT2D eigenvalue weighted by atomic mass is 16.5. The number of benzene rings is 2. The highest BCUT2D eigenvalue weighted by Crippen LogP contribution is 2.04. The number of amides is 2. The highest BCUT2D eigenvalue weighted by molar-refractivity contribution is 5.67. The Hall–Kier alpha value is -3.06. The minimum absolute atomic E-state index is 0.130. The SMILES string of the molecule is NC(=O)O.O=C(N[C@@H](CO)Cc1ccccc1)OCc1ccccc1. The van der Waals surface area contributed by atoms with E-state index >= 15 is 0 Å². The van der Waals surface area contributed by atoms with Crippen LogP contribution in [-0.2, 0) is 17.8 Å². The molecule has 134 valence electrons. The van der Waals surface area contributed by atoms with Gasteiger partial charge in [0.05, 0.1) is 12.6 Å². The minimum atomic E-state index is -1.33. The first-order valence-electron chi connectivity index (χ1n) is 7.61. The fourth-order valence-corrected chi connectivity index (χ4v) is 1.99. The molecule has 0 aliphatic heterocycles. The van der Waals surface area contributed by atoms with Crippen molar-refractivity contribution in [2.24, 2.45) is 5.73 Å². The average molecular weight is 346 g/mol. The van der Waals surface area contributed by atoms with E-state index in [1.54, 1.807) is 0 Å². The van der Waals surface area contributed by atoms with Gasteiger partial charge in [0.15, 0.2) is 0 Å². The molecule has 7 nitrogen and oxygen atoms in total. The lowest BCUT2D eigenvalue weighted by molar-refractivity contribution is 0.129. The molecule has 0 aliphatic rings. The van der Waals surface area contributed by atoms with Crippen LogP contribution in [0.15, 0.2) is 60.7 Å². The molecule has 2 amide bonds. The molecule has 0 saturated carbocycles. The van der Waals surface area contributed by atoms with Gasteiger partial charge < -0.3 is 26.0 Å². The summed E-state index contributed by atoms with van der Waals surface area (Å²) in [7, 11) is 0. The van der Waals surface area contributed by atoms with Gasteiger partial charge in [-0.25, -0.2) is 9.59 Å². The van der Waals surface area contributed by atoms with E-state index in [-0.39, 0.29) is 19.3 Å². The third-order valence-electron chi connectivity index (χ3n) is 3.08. The average Bonchev–Trinajstić information content (AvgIpc) is 2.61. The van der Waals surface area contributed by atoms with Crippen LogP contribution < -0.4 is 11.1 Å². The van der Waals surface area contributed by atoms with E-state index in [4.69, 9.17) is 14.6 Å². The summed E-state index contributed by atoms with van der Waals surface area (Å²) in [5.41, 5.74) is 6.01. The fourth-order valence-electron chi connectivity index (χ4n) is 1.99. The zero-order valence-electron chi connectivity index (χ0n) is 13.7. The molecule has 0 heterocycles. The summed E-state index contributed by atoms with van der Waals surface area (Å²) < 4.78 is 5.14. The number of carbonyl (C=O) groups excluding carboxylic acids is 1. The molecule has 0 radical (unpaired) electrons. The number of nitrogens with one attached hydrogen (secondary N) is 1. The summed E-state index contributed by atoms with van der Waals surface area (Å²) in [6.45, 7) is 0.0888.